The summed E-state index contributed by atoms with van der Waals surface area (Å²) in [7, 11) is 1.35. The second-order valence-electron chi connectivity index (χ2n) is 3.93. The van der Waals surface area contributed by atoms with Gasteiger partial charge in [0.25, 0.3) is 5.56 Å². The monoisotopic (exact) mass is 286 g/mol. The minimum atomic E-state index is -4.87. The van der Waals surface area contributed by atoms with E-state index in [-0.39, 0.29) is 16.8 Å². The van der Waals surface area contributed by atoms with Crippen LogP contribution in [0.3, 0.4) is 0 Å². The number of rotatable bonds is 3. The maximum atomic E-state index is 12.3. The molecule has 0 saturated carbocycles. The molecule has 0 atom stereocenters. The molecule has 2 rings (SSSR count). The van der Waals surface area contributed by atoms with Gasteiger partial charge in [-0.15, -0.1) is 13.2 Å². The Hall–Kier alpha value is -2.51. The molecule has 0 amide bonds. The van der Waals surface area contributed by atoms with Crippen LogP contribution in [0.5, 0.6) is 5.75 Å². The number of nitrogens with zero attached hydrogens (tertiary/aromatic N) is 1. The molecule has 0 saturated heterocycles. The quantitative estimate of drug-likeness (QED) is 0.879. The van der Waals surface area contributed by atoms with Gasteiger partial charge in [0.2, 0.25) is 0 Å². The average Bonchev–Trinajstić information content (AvgIpc) is 2.64. The molecule has 0 aliphatic heterocycles. The molecule has 1 N–H and O–H groups in total. The zero-order valence-electron chi connectivity index (χ0n) is 10.2. The van der Waals surface area contributed by atoms with Crippen molar-refractivity contribution in [3.63, 3.8) is 0 Å². The first-order chi connectivity index (χ1) is 9.33. The summed E-state index contributed by atoms with van der Waals surface area (Å²) in [5, 5.41) is 2.53. The molecule has 0 spiro atoms. The number of para-hydroxylation sites is 1. The van der Waals surface area contributed by atoms with Crippen molar-refractivity contribution in [2.75, 3.05) is 0 Å². The highest BCUT2D eigenvalue weighted by Gasteiger charge is 2.32. The van der Waals surface area contributed by atoms with Crippen molar-refractivity contribution in [3.8, 4) is 17.0 Å². The van der Waals surface area contributed by atoms with Crippen LogP contribution < -0.4 is 10.3 Å². The van der Waals surface area contributed by atoms with E-state index in [1.54, 1.807) is 0 Å². The van der Waals surface area contributed by atoms with Crippen molar-refractivity contribution < 1.29 is 22.7 Å². The van der Waals surface area contributed by atoms with Crippen LogP contribution in [0.1, 0.15) is 10.4 Å². The number of aromatic nitrogens is 2. The van der Waals surface area contributed by atoms with Gasteiger partial charge < -0.3 is 4.74 Å². The highest BCUT2D eigenvalue weighted by Crippen LogP contribution is 2.33. The van der Waals surface area contributed by atoms with Crippen LogP contribution in [0.25, 0.3) is 11.3 Å². The lowest BCUT2D eigenvalue weighted by Crippen LogP contribution is -2.17. The van der Waals surface area contributed by atoms with E-state index in [0.717, 1.165) is 10.7 Å². The third kappa shape index (κ3) is 2.58. The van der Waals surface area contributed by atoms with E-state index in [2.05, 4.69) is 9.84 Å². The second kappa shape index (κ2) is 4.87. The van der Waals surface area contributed by atoms with Crippen LogP contribution in [0.2, 0.25) is 0 Å². The highest BCUT2D eigenvalue weighted by molar-refractivity contribution is 5.87. The van der Waals surface area contributed by atoms with Crippen LogP contribution in [0.4, 0.5) is 13.2 Å². The third-order valence-electron chi connectivity index (χ3n) is 2.58. The van der Waals surface area contributed by atoms with Crippen molar-refractivity contribution in [2.24, 2.45) is 7.05 Å². The van der Waals surface area contributed by atoms with E-state index in [0.29, 0.717) is 6.29 Å². The molecular formula is C12H9F3N2O3. The topological polar surface area (TPSA) is 64.1 Å². The molecule has 20 heavy (non-hydrogen) atoms. The van der Waals surface area contributed by atoms with Gasteiger partial charge in [-0.1, -0.05) is 12.1 Å². The molecule has 0 radical (unpaired) electrons. The number of carbonyl (C=O) groups excluding carboxylic acids is 1. The van der Waals surface area contributed by atoms with Gasteiger partial charge in [0, 0.05) is 12.6 Å². The van der Waals surface area contributed by atoms with Crippen LogP contribution in [0.15, 0.2) is 29.1 Å². The van der Waals surface area contributed by atoms with Crippen LogP contribution in [-0.2, 0) is 7.05 Å². The van der Waals surface area contributed by atoms with Gasteiger partial charge in [0.1, 0.15) is 11.3 Å². The van der Waals surface area contributed by atoms with Crippen LogP contribution in [0, 0.1) is 0 Å². The van der Waals surface area contributed by atoms with Gasteiger partial charge >= 0.3 is 6.36 Å². The Morgan fingerprint density at radius 1 is 1.30 bits per heavy atom. The van der Waals surface area contributed by atoms with E-state index in [4.69, 9.17) is 0 Å². The summed E-state index contributed by atoms with van der Waals surface area (Å²) in [6.07, 6.45) is -4.58. The molecule has 1 aromatic carbocycles. The summed E-state index contributed by atoms with van der Waals surface area (Å²) >= 11 is 0. The Morgan fingerprint density at radius 3 is 2.55 bits per heavy atom. The Kier molecular flexibility index (Phi) is 3.39. The van der Waals surface area contributed by atoms with E-state index in [1.807, 2.05) is 0 Å². The molecule has 1 aromatic heterocycles. The fourth-order valence-corrected chi connectivity index (χ4v) is 1.77. The first kappa shape index (κ1) is 13.9. The maximum Gasteiger partial charge on any atom is 0.573 e. The van der Waals surface area contributed by atoms with Gasteiger partial charge in [0.15, 0.2) is 6.29 Å². The average molecular weight is 286 g/mol. The van der Waals surface area contributed by atoms with Crippen molar-refractivity contribution in [3.05, 3.63) is 40.2 Å². The number of hydrogen-bond donors (Lipinski definition) is 1. The molecule has 1 heterocycles. The summed E-state index contributed by atoms with van der Waals surface area (Å²) in [5.74, 6) is -0.495. The number of nitrogens with one attached hydrogen (secondary N) is 1. The number of ether oxygens (including phenoxy) is 1. The highest BCUT2D eigenvalue weighted by atomic mass is 19.4. The molecule has 0 aliphatic carbocycles. The predicted molar refractivity (Wildman–Crippen MR) is 63.5 cm³/mol. The van der Waals surface area contributed by atoms with Crippen molar-refractivity contribution in [1.82, 2.24) is 9.78 Å². The van der Waals surface area contributed by atoms with E-state index in [1.165, 1.54) is 25.2 Å². The van der Waals surface area contributed by atoms with Gasteiger partial charge in [-0.05, 0) is 12.1 Å². The number of aldehydes is 1. The lowest BCUT2D eigenvalue weighted by Gasteiger charge is -2.12. The Bertz CT molecular complexity index is 701. The predicted octanol–water partition coefficient (Wildman–Crippen LogP) is 2.09. The maximum absolute atomic E-state index is 12.3. The fraction of sp³-hybridized carbons (Fsp3) is 0.167. The lowest BCUT2D eigenvalue weighted by atomic mass is 10.1. The molecule has 5 nitrogen and oxygen atoms in total. The third-order valence-corrected chi connectivity index (χ3v) is 2.58. The summed E-state index contributed by atoms with van der Waals surface area (Å²) < 4.78 is 41.9. The fourth-order valence-electron chi connectivity index (χ4n) is 1.77. The van der Waals surface area contributed by atoms with E-state index in [9.17, 15) is 22.8 Å². The Morgan fingerprint density at radius 2 is 1.95 bits per heavy atom. The normalized spacial score (nSPS) is 11.4. The number of aromatic amines is 1. The number of benzene rings is 1. The van der Waals surface area contributed by atoms with Crippen LogP contribution in [-0.4, -0.2) is 22.4 Å². The SMILES string of the molecule is Cn1[nH]c(-c2ccccc2OC(F)(F)F)c(C=O)c1=O. The van der Waals surface area contributed by atoms with Gasteiger partial charge in [-0.2, -0.15) is 0 Å². The van der Waals surface area contributed by atoms with Crippen LogP contribution >= 0.6 is 0 Å². The molecule has 0 bridgehead atoms. The van der Waals surface area contributed by atoms with Crippen molar-refractivity contribution in [2.45, 2.75) is 6.36 Å². The number of halogens is 3. The van der Waals surface area contributed by atoms with Crippen molar-refractivity contribution in [1.29, 1.82) is 0 Å². The largest absolute Gasteiger partial charge is 0.573 e. The number of alkyl halides is 3. The van der Waals surface area contributed by atoms with E-state index < -0.39 is 17.7 Å². The lowest BCUT2D eigenvalue weighted by molar-refractivity contribution is -0.274. The second-order valence-corrected chi connectivity index (χ2v) is 3.93. The molecular weight excluding hydrogens is 277 g/mol. The minimum Gasteiger partial charge on any atom is -0.405 e. The molecule has 0 aliphatic rings. The Balaban J connectivity index is 2.62. The number of H-pyrrole nitrogens is 1. The molecule has 0 fully saturated rings. The Labute approximate surface area is 110 Å². The number of carbonyl (C=O) groups is 1. The zero-order chi connectivity index (χ0) is 14.9. The first-order valence-corrected chi connectivity index (χ1v) is 5.43. The summed E-state index contributed by atoms with van der Waals surface area (Å²) in [6.45, 7) is 0. The van der Waals surface area contributed by atoms with Gasteiger partial charge in [-0.25, -0.2) is 0 Å². The first-order valence-electron chi connectivity index (χ1n) is 5.43. The molecule has 0 unspecified atom stereocenters. The molecule has 2 aromatic rings. The number of aryl methyl sites for hydroxylation is 1. The van der Waals surface area contributed by atoms with E-state index >= 15 is 0 Å². The summed E-state index contributed by atoms with van der Waals surface area (Å²) in [4.78, 5) is 22.6. The molecule has 8 heteroatoms. The van der Waals surface area contributed by atoms with Gasteiger partial charge in [0.05, 0.1) is 5.69 Å². The number of hydrogen-bond acceptors (Lipinski definition) is 3. The zero-order valence-corrected chi connectivity index (χ0v) is 10.2. The van der Waals surface area contributed by atoms with Crippen molar-refractivity contribution >= 4 is 6.29 Å². The standard InChI is InChI=1S/C12H9F3N2O3/c1-17-11(19)8(6-18)10(16-17)7-4-2-3-5-9(7)20-12(13,14)15/h2-6,16H,1H3. The van der Waals surface area contributed by atoms with Gasteiger partial charge in [-0.3, -0.25) is 19.4 Å². The molecule has 106 valence electrons. The minimum absolute atomic E-state index is 0.0210. The summed E-state index contributed by atoms with van der Waals surface area (Å²) in [6, 6.07) is 5.24. The smallest absolute Gasteiger partial charge is 0.405 e. The summed E-state index contributed by atoms with van der Waals surface area (Å²) in [5.41, 5.74) is -0.931.